The van der Waals surface area contributed by atoms with Crippen LogP contribution in [-0.2, 0) is 42.4 Å². The van der Waals surface area contributed by atoms with Crippen molar-refractivity contribution in [3.05, 3.63) is 39.3 Å². The summed E-state index contributed by atoms with van der Waals surface area (Å²) in [5.41, 5.74) is 1.67. The van der Waals surface area contributed by atoms with Gasteiger partial charge in [-0.25, -0.2) is 4.98 Å². The van der Waals surface area contributed by atoms with E-state index in [1.54, 1.807) is 6.07 Å². The second kappa shape index (κ2) is 12.1. The Morgan fingerprint density at radius 3 is 2.46 bits per heavy atom. The summed E-state index contributed by atoms with van der Waals surface area (Å²) in [5.74, 6) is 0.278. The molecule has 1 fully saturated rings. The SMILES string of the molecule is COc1ccc(OS(C)(=O)=O)c2c1COC(c1csc(C3CCN(C(=O)CO/N=C/C(F)(F)F)CC3)n1)OC2. The fraction of sp³-hybridized carbons (Fsp3) is 0.522. The number of halogens is 3. The number of carbonyl (C=O) groups is 1. The molecule has 4 rings (SSSR count). The molecule has 11 nitrogen and oxygen atoms in total. The van der Waals surface area contributed by atoms with Crippen molar-refractivity contribution in [2.24, 2.45) is 5.16 Å². The quantitative estimate of drug-likeness (QED) is 0.257. The van der Waals surface area contributed by atoms with E-state index in [4.69, 9.17) is 23.4 Å². The highest BCUT2D eigenvalue weighted by Gasteiger charge is 2.30. The van der Waals surface area contributed by atoms with Gasteiger partial charge in [0.05, 0.1) is 31.6 Å². The summed E-state index contributed by atoms with van der Waals surface area (Å²) in [6, 6.07) is 3.10. The zero-order valence-electron chi connectivity index (χ0n) is 21.0. The van der Waals surface area contributed by atoms with E-state index in [-0.39, 0.29) is 31.1 Å². The molecule has 214 valence electrons. The number of amides is 1. The first-order valence-corrected chi connectivity index (χ1v) is 14.4. The minimum absolute atomic E-state index is 0.00447. The first-order valence-electron chi connectivity index (χ1n) is 11.7. The monoisotopic (exact) mass is 593 g/mol. The zero-order valence-corrected chi connectivity index (χ0v) is 22.6. The fourth-order valence-corrected chi connectivity index (χ4v) is 5.66. The number of aromatic nitrogens is 1. The zero-order chi connectivity index (χ0) is 28.2. The van der Waals surface area contributed by atoms with Gasteiger partial charge < -0.3 is 28.1 Å². The van der Waals surface area contributed by atoms with E-state index in [1.807, 2.05) is 5.38 Å². The van der Waals surface area contributed by atoms with Crippen molar-refractivity contribution < 1.29 is 49.6 Å². The predicted molar refractivity (Wildman–Crippen MR) is 132 cm³/mol. The summed E-state index contributed by atoms with van der Waals surface area (Å²) in [6.45, 7) is 0.314. The van der Waals surface area contributed by atoms with E-state index in [0.717, 1.165) is 11.3 Å². The predicted octanol–water partition coefficient (Wildman–Crippen LogP) is 3.51. The number of thiazole rings is 1. The van der Waals surface area contributed by atoms with Gasteiger partial charge in [-0.05, 0) is 25.0 Å². The van der Waals surface area contributed by atoms with Crippen LogP contribution in [-0.4, -0.2) is 69.7 Å². The molecule has 2 aromatic rings. The van der Waals surface area contributed by atoms with E-state index in [1.165, 1.54) is 29.4 Å². The first kappa shape index (κ1) is 29.0. The molecule has 2 aliphatic heterocycles. The maximum atomic E-state index is 12.2. The number of ether oxygens (including phenoxy) is 3. The molecule has 16 heteroatoms. The Balaban J connectivity index is 1.35. The van der Waals surface area contributed by atoms with Gasteiger partial charge in [0.15, 0.2) is 6.61 Å². The molecule has 1 unspecified atom stereocenters. The average Bonchev–Trinajstić information content (AvgIpc) is 3.25. The molecular formula is C23H26F3N3O8S2. The number of likely N-dealkylation sites (tertiary alicyclic amines) is 1. The maximum Gasteiger partial charge on any atom is 0.429 e. The molecule has 0 N–H and O–H groups in total. The molecule has 2 aliphatic rings. The lowest BCUT2D eigenvalue weighted by Crippen LogP contribution is -2.39. The summed E-state index contributed by atoms with van der Waals surface area (Å²) in [6.07, 6.45) is -3.54. The lowest BCUT2D eigenvalue weighted by atomic mass is 9.97. The fourth-order valence-electron chi connectivity index (χ4n) is 4.19. The topological polar surface area (TPSA) is 126 Å². The van der Waals surface area contributed by atoms with E-state index < -0.39 is 35.1 Å². The van der Waals surface area contributed by atoms with Crippen LogP contribution >= 0.6 is 11.3 Å². The molecule has 1 saturated heterocycles. The van der Waals surface area contributed by atoms with Crippen LogP contribution in [0, 0.1) is 0 Å². The van der Waals surface area contributed by atoms with Crippen molar-refractivity contribution in [1.29, 1.82) is 0 Å². The van der Waals surface area contributed by atoms with Crippen LogP contribution in [0.25, 0.3) is 0 Å². The second-order valence-electron chi connectivity index (χ2n) is 8.78. The van der Waals surface area contributed by atoms with Crippen molar-refractivity contribution in [2.45, 2.75) is 44.4 Å². The van der Waals surface area contributed by atoms with Crippen LogP contribution in [0.15, 0.2) is 22.7 Å². The molecule has 0 saturated carbocycles. The van der Waals surface area contributed by atoms with Crippen LogP contribution in [0.2, 0.25) is 0 Å². The average molecular weight is 594 g/mol. The third-order valence-electron chi connectivity index (χ3n) is 6.00. The Bertz CT molecular complexity index is 1310. The van der Waals surface area contributed by atoms with Crippen LogP contribution in [0.4, 0.5) is 13.2 Å². The summed E-state index contributed by atoms with van der Waals surface area (Å²) >= 11 is 1.43. The number of hydrogen-bond donors (Lipinski definition) is 0. The third kappa shape index (κ3) is 7.80. The largest absolute Gasteiger partial charge is 0.496 e. The van der Waals surface area contributed by atoms with Gasteiger partial charge >= 0.3 is 16.3 Å². The standard InChI is InChI=1S/C23H26F3N3O8S2/c1-33-18-3-4-19(37-39(2,31)32)16-10-35-22(34-9-15(16)18)17-12-38-21(28-17)14-5-7-29(8-6-14)20(30)11-36-27-13-23(24,25)26/h3-4,12-14,22H,5-11H2,1-2H3/b27-13+. The third-order valence-corrected chi connectivity index (χ3v) is 7.51. The molecular weight excluding hydrogens is 567 g/mol. The van der Waals surface area contributed by atoms with Gasteiger partial charge in [0.25, 0.3) is 5.91 Å². The van der Waals surface area contributed by atoms with Gasteiger partial charge in [-0.2, -0.15) is 21.6 Å². The highest BCUT2D eigenvalue weighted by Crippen LogP contribution is 2.39. The minimum Gasteiger partial charge on any atom is -0.496 e. The molecule has 1 amide bonds. The molecule has 0 aliphatic carbocycles. The Morgan fingerprint density at radius 2 is 1.85 bits per heavy atom. The number of carbonyl (C=O) groups excluding carboxylic acids is 1. The lowest BCUT2D eigenvalue weighted by Gasteiger charge is -2.30. The Kier molecular flexibility index (Phi) is 8.98. The summed E-state index contributed by atoms with van der Waals surface area (Å²) in [4.78, 5) is 22.9. The number of rotatable bonds is 8. The van der Waals surface area contributed by atoms with Crippen LogP contribution in [0.3, 0.4) is 0 Å². The number of oxime groups is 1. The molecule has 0 radical (unpaired) electrons. The number of hydrogen-bond acceptors (Lipinski definition) is 11. The van der Waals surface area contributed by atoms with Crippen molar-refractivity contribution in [1.82, 2.24) is 9.88 Å². The second-order valence-corrected chi connectivity index (χ2v) is 11.2. The minimum atomic E-state index is -4.60. The number of benzene rings is 1. The summed E-state index contributed by atoms with van der Waals surface area (Å²) in [7, 11) is -2.27. The molecule has 1 aromatic heterocycles. The number of piperidine rings is 1. The van der Waals surface area contributed by atoms with Crippen LogP contribution in [0.5, 0.6) is 11.5 Å². The first-order chi connectivity index (χ1) is 18.4. The van der Waals surface area contributed by atoms with Gasteiger partial charge in [0, 0.05) is 35.5 Å². The number of fused-ring (bicyclic) bond motifs is 1. The molecule has 1 aromatic carbocycles. The highest BCUT2D eigenvalue weighted by molar-refractivity contribution is 7.86. The molecule has 0 spiro atoms. The molecule has 39 heavy (non-hydrogen) atoms. The van der Waals surface area contributed by atoms with Gasteiger partial charge in [0.1, 0.15) is 23.4 Å². The summed E-state index contributed by atoms with van der Waals surface area (Å²) < 4.78 is 82.0. The highest BCUT2D eigenvalue weighted by atomic mass is 32.2. The van der Waals surface area contributed by atoms with Gasteiger partial charge in [-0.3, -0.25) is 4.79 Å². The van der Waals surface area contributed by atoms with E-state index >= 15 is 0 Å². The van der Waals surface area contributed by atoms with Gasteiger partial charge in [-0.1, -0.05) is 5.16 Å². The van der Waals surface area contributed by atoms with Gasteiger partial charge in [-0.15, -0.1) is 11.3 Å². The lowest BCUT2D eigenvalue weighted by molar-refractivity contribution is -0.155. The molecule has 0 bridgehead atoms. The van der Waals surface area contributed by atoms with Crippen molar-refractivity contribution >= 4 is 33.6 Å². The van der Waals surface area contributed by atoms with Crippen LogP contribution < -0.4 is 8.92 Å². The molecule has 1 atom stereocenters. The van der Waals surface area contributed by atoms with E-state index in [9.17, 15) is 26.4 Å². The number of alkyl halides is 3. The van der Waals surface area contributed by atoms with E-state index in [2.05, 4.69) is 9.99 Å². The maximum absolute atomic E-state index is 12.2. The van der Waals surface area contributed by atoms with E-state index in [0.29, 0.717) is 48.5 Å². The van der Waals surface area contributed by atoms with Crippen molar-refractivity contribution in [3.8, 4) is 11.5 Å². The number of methoxy groups -OCH3 is 1. The Morgan fingerprint density at radius 1 is 1.21 bits per heavy atom. The van der Waals surface area contributed by atoms with Gasteiger partial charge in [0.2, 0.25) is 6.29 Å². The van der Waals surface area contributed by atoms with Crippen LogP contribution in [0.1, 0.15) is 46.9 Å². The van der Waals surface area contributed by atoms with Crippen molar-refractivity contribution in [3.63, 3.8) is 0 Å². The Labute approximate surface area is 226 Å². The van der Waals surface area contributed by atoms with Crippen molar-refractivity contribution in [2.75, 3.05) is 33.1 Å². The normalized spacial score (nSPS) is 19.0. The summed E-state index contributed by atoms with van der Waals surface area (Å²) in [5, 5.41) is 5.43. The molecule has 3 heterocycles. The number of nitrogens with zero attached hydrogens (tertiary/aromatic N) is 3. The smallest absolute Gasteiger partial charge is 0.429 e. The Hall–Kier alpha value is -2.95.